The monoisotopic (exact) mass is 325 g/mol. The molecule has 1 aromatic rings. The van der Waals surface area contributed by atoms with Crippen LogP contribution in [-0.2, 0) is 4.79 Å². The van der Waals surface area contributed by atoms with Crippen molar-refractivity contribution in [3.8, 4) is 0 Å². The van der Waals surface area contributed by atoms with Gasteiger partial charge >= 0.3 is 0 Å². The molecular formula is C14H20BrN3O. The van der Waals surface area contributed by atoms with Crippen molar-refractivity contribution in [3.05, 3.63) is 28.7 Å². The highest BCUT2D eigenvalue weighted by molar-refractivity contribution is 9.10. The third-order valence-electron chi connectivity index (χ3n) is 3.86. The molecular weight excluding hydrogens is 306 g/mol. The maximum absolute atomic E-state index is 11.9. The van der Waals surface area contributed by atoms with Crippen LogP contribution in [0.3, 0.4) is 0 Å². The number of nitrogens with zero attached hydrogens (tertiary/aromatic N) is 1. The summed E-state index contributed by atoms with van der Waals surface area (Å²) in [6.07, 6.45) is 1.51. The Bertz CT molecular complexity index is 439. The molecule has 1 saturated heterocycles. The fourth-order valence-corrected chi connectivity index (χ4v) is 2.76. The van der Waals surface area contributed by atoms with E-state index in [9.17, 15) is 4.79 Å². The fraction of sp³-hybridized carbons (Fsp3) is 0.500. The van der Waals surface area contributed by atoms with Crippen molar-refractivity contribution < 1.29 is 4.79 Å². The lowest BCUT2D eigenvalue weighted by Crippen LogP contribution is -2.57. The number of hydrogen-bond donors (Lipinski definition) is 2. The van der Waals surface area contributed by atoms with Gasteiger partial charge in [0.1, 0.15) is 5.54 Å². The summed E-state index contributed by atoms with van der Waals surface area (Å²) in [5.74, 6) is -0.258. The summed E-state index contributed by atoms with van der Waals surface area (Å²) < 4.78 is 1.02. The predicted molar refractivity (Wildman–Crippen MR) is 81.0 cm³/mol. The number of carbonyl (C=O) groups excluding carboxylic acids is 1. The molecule has 0 saturated carbocycles. The SMILES string of the molecule is CCN1CCC(Nc2ccc(Br)cc2)(C(N)=O)CC1. The summed E-state index contributed by atoms with van der Waals surface area (Å²) in [6.45, 7) is 4.97. The van der Waals surface area contributed by atoms with E-state index in [1.165, 1.54) is 0 Å². The number of likely N-dealkylation sites (tertiary alicyclic amines) is 1. The second-order valence-electron chi connectivity index (χ2n) is 5.01. The van der Waals surface area contributed by atoms with E-state index in [0.717, 1.165) is 42.6 Å². The first-order valence-corrected chi connectivity index (χ1v) is 7.41. The number of rotatable bonds is 4. The summed E-state index contributed by atoms with van der Waals surface area (Å²) in [6, 6.07) is 7.83. The molecule has 0 aromatic heterocycles. The van der Waals surface area contributed by atoms with Crippen molar-refractivity contribution >= 4 is 27.5 Å². The Morgan fingerprint density at radius 2 is 1.95 bits per heavy atom. The van der Waals surface area contributed by atoms with Gasteiger partial charge in [0.15, 0.2) is 0 Å². The Kier molecular flexibility index (Phi) is 4.47. The van der Waals surface area contributed by atoms with E-state index in [1.807, 2.05) is 24.3 Å². The Morgan fingerprint density at radius 1 is 1.37 bits per heavy atom. The smallest absolute Gasteiger partial charge is 0.243 e. The van der Waals surface area contributed by atoms with Gasteiger partial charge in [-0.2, -0.15) is 0 Å². The minimum absolute atomic E-state index is 0.258. The van der Waals surface area contributed by atoms with E-state index in [1.54, 1.807) is 0 Å². The molecule has 1 aromatic carbocycles. The first-order valence-electron chi connectivity index (χ1n) is 6.62. The highest BCUT2D eigenvalue weighted by Crippen LogP contribution is 2.27. The van der Waals surface area contributed by atoms with Gasteiger partial charge in [0.2, 0.25) is 5.91 Å². The Morgan fingerprint density at radius 3 is 2.42 bits per heavy atom. The molecule has 3 N–H and O–H groups in total. The number of primary amides is 1. The van der Waals surface area contributed by atoms with Gasteiger partial charge in [-0.25, -0.2) is 0 Å². The molecule has 0 spiro atoms. The molecule has 1 heterocycles. The van der Waals surface area contributed by atoms with Gasteiger partial charge in [-0.15, -0.1) is 0 Å². The van der Waals surface area contributed by atoms with Crippen LogP contribution in [-0.4, -0.2) is 36.0 Å². The molecule has 0 atom stereocenters. The molecule has 1 aliphatic heterocycles. The number of piperidine rings is 1. The predicted octanol–water partition coefficient (Wildman–Crippen LogP) is 2.20. The van der Waals surface area contributed by atoms with Crippen molar-refractivity contribution in [2.24, 2.45) is 5.73 Å². The lowest BCUT2D eigenvalue weighted by atomic mass is 9.86. The topological polar surface area (TPSA) is 58.4 Å². The van der Waals surface area contributed by atoms with Crippen LogP contribution < -0.4 is 11.1 Å². The maximum atomic E-state index is 11.9. The minimum Gasteiger partial charge on any atom is -0.371 e. The van der Waals surface area contributed by atoms with E-state index < -0.39 is 5.54 Å². The summed E-state index contributed by atoms with van der Waals surface area (Å²) in [5.41, 5.74) is 5.96. The minimum atomic E-state index is -0.612. The second-order valence-corrected chi connectivity index (χ2v) is 5.93. The first-order chi connectivity index (χ1) is 9.05. The van der Waals surface area contributed by atoms with Crippen LogP contribution in [0.15, 0.2) is 28.7 Å². The molecule has 1 amide bonds. The molecule has 0 bridgehead atoms. The van der Waals surface area contributed by atoms with Crippen LogP contribution in [0.5, 0.6) is 0 Å². The van der Waals surface area contributed by atoms with Crippen LogP contribution in [0.2, 0.25) is 0 Å². The number of hydrogen-bond acceptors (Lipinski definition) is 3. The Hall–Kier alpha value is -1.07. The average molecular weight is 326 g/mol. The van der Waals surface area contributed by atoms with Gasteiger partial charge in [0, 0.05) is 23.2 Å². The van der Waals surface area contributed by atoms with Gasteiger partial charge in [-0.1, -0.05) is 22.9 Å². The zero-order valence-corrected chi connectivity index (χ0v) is 12.7. The molecule has 19 heavy (non-hydrogen) atoms. The molecule has 0 unspecified atom stereocenters. The fourth-order valence-electron chi connectivity index (χ4n) is 2.49. The lowest BCUT2D eigenvalue weighted by Gasteiger charge is -2.40. The highest BCUT2D eigenvalue weighted by atomic mass is 79.9. The number of halogens is 1. The van der Waals surface area contributed by atoms with E-state index in [4.69, 9.17) is 5.73 Å². The zero-order valence-electron chi connectivity index (χ0n) is 11.2. The summed E-state index contributed by atoms with van der Waals surface area (Å²) in [7, 11) is 0. The number of nitrogens with two attached hydrogens (primary N) is 1. The van der Waals surface area contributed by atoms with Crippen molar-refractivity contribution in [1.29, 1.82) is 0 Å². The molecule has 104 valence electrons. The molecule has 1 fully saturated rings. The number of benzene rings is 1. The zero-order chi connectivity index (χ0) is 13.9. The number of anilines is 1. The molecule has 4 nitrogen and oxygen atoms in total. The first kappa shape index (κ1) is 14.3. The van der Waals surface area contributed by atoms with Crippen LogP contribution in [0.1, 0.15) is 19.8 Å². The largest absolute Gasteiger partial charge is 0.371 e. The van der Waals surface area contributed by atoms with Crippen molar-refractivity contribution in [2.45, 2.75) is 25.3 Å². The second kappa shape index (κ2) is 5.92. The van der Waals surface area contributed by atoms with E-state index in [2.05, 4.69) is 33.1 Å². The third kappa shape index (κ3) is 3.28. The van der Waals surface area contributed by atoms with E-state index in [0.29, 0.717) is 0 Å². The molecule has 0 radical (unpaired) electrons. The van der Waals surface area contributed by atoms with Crippen molar-refractivity contribution in [3.63, 3.8) is 0 Å². The van der Waals surface area contributed by atoms with Crippen molar-refractivity contribution in [2.75, 3.05) is 25.0 Å². The van der Waals surface area contributed by atoms with Gasteiger partial charge in [0.05, 0.1) is 0 Å². The third-order valence-corrected chi connectivity index (χ3v) is 4.38. The number of nitrogens with one attached hydrogen (secondary N) is 1. The van der Waals surface area contributed by atoms with Crippen LogP contribution in [0.25, 0.3) is 0 Å². The number of amides is 1. The molecule has 0 aliphatic carbocycles. The highest BCUT2D eigenvalue weighted by Gasteiger charge is 2.39. The van der Waals surface area contributed by atoms with E-state index >= 15 is 0 Å². The standard InChI is InChI=1S/C14H20BrN3O/c1-2-18-9-7-14(8-10-18,13(16)19)17-12-5-3-11(15)4-6-12/h3-6,17H,2,7-10H2,1H3,(H2,16,19). The summed E-state index contributed by atoms with van der Waals surface area (Å²) in [5, 5.41) is 3.34. The molecule has 5 heteroatoms. The van der Waals surface area contributed by atoms with Gasteiger partial charge in [0.25, 0.3) is 0 Å². The van der Waals surface area contributed by atoms with Gasteiger partial charge in [-0.05, 0) is 43.7 Å². The summed E-state index contributed by atoms with van der Waals surface area (Å²) in [4.78, 5) is 14.2. The van der Waals surface area contributed by atoms with Gasteiger partial charge < -0.3 is 16.0 Å². The Labute approximate surface area is 122 Å². The van der Waals surface area contributed by atoms with Crippen LogP contribution >= 0.6 is 15.9 Å². The van der Waals surface area contributed by atoms with Crippen LogP contribution in [0, 0.1) is 0 Å². The average Bonchev–Trinajstić information content (AvgIpc) is 2.42. The van der Waals surface area contributed by atoms with Crippen molar-refractivity contribution in [1.82, 2.24) is 4.90 Å². The maximum Gasteiger partial charge on any atom is 0.243 e. The van der Waals surface area contributed by atoms with Gasteiger partial charge in [-0.3, -0.25) is 4.79 Å². The number of carbonyl (C=O) groups is 1. The normalized spacial score (nSPS) is 19.1. The quantitative estimate of drug-likeness (QED) is 0.892. The molecule has 2 rings (SSSR count). The Balaban J connectivity index is 2.12. The van der Waals surface area contributed by atoms with E-state index in [-0.39, 0.29) is 5.91 Å². The van der Waals surface area contributed by atoms with Crippen LogP contribution in [0.4, 0.5) is 5.69 Å². The summed E-state index contributed by atoms with van der Waals surface area (Å²) >= 11 is 3.40. The molecule has 1 aliphatic rings. The lowest BCUT2D eigenvalue weighted by molar-refractivity contribution is -0.123.